The second-order valence-electron chi connectivity index (χ2n) is 9.54. The maximum atomic E-state index is 10.5. The first-order valence-electron chi connectivity index (χ1n) is 10.8. The first-order valence-corrected chi connectivity index (χ1v) is 10.8. The molecule has 1 N–H and O–H groups in total. The van der Waals surface area contributed by atoms with Crippen molar-refractivity contribution in [1.29, 1.82) is 0 Å². The summed E-state index contributed by atoms with van der Waals surface area (Å²) >= 11 is 0. The SMILES string of the molecule is CC(C)(C)CCCCCc1ccc(CCCCCC2(OC=O)CC2)cc1O. The fourth-order valence-electron chi connectivity index (χ4n) is 3.75. The van der Waals surface area contributed by atoms with E-state index in [1.165, 1.54) is 24.8 Å². The Bertz CT molecular complexity index is 582. The fraction of sp³-hybridized carbons (Fsp3) is 0.708. The summed E-state index contributed by atoms with van der Waals surface area (Å²) in [5.41, 5.74) is 2.60. The van der Waals surface area contributed by atoms with E-state index in [9.17, 15) is 9.90 Å². The normalized spacial score (nSPS) is 15.5. The molecule has 1 aliphatic carbocycles. The summed E-state index contributed by atoms with van der Waals surface area (Å²) in [5, 5.41) is 10.3. The van der Waals surface area contributed by atoms with Crippen molar-refractivity contribution in [3.05, 3.63) is 29.3 Å². The van der Waals surface area contributed by atoms with Crippen molar-refractivity contribution in [3.63, 3.8) is 0 Å². The maximum absolute atomic E-state index is 10.5. The van der Waals surface area contributed by atoms with Gasteiger partial charge >= 0.3 is 0 Å². The molecule has 0 saturated heterocycles. The van der Waals surface area contributed by atoms with E-state index in [4.69, 9.17) is 4.74 Å². The molecule has 1 aromatic carbocycles. The molecule has 0 aliphatic heterocycles. The van der Waals surface area contributed by atoms with Crippen LogP contribution in [0.5, 0.6) is 5.75 Å². The number of ether oxygens (including phenoxy) is 1. The number of carbonyl (C=O) groups excluding carboxylic acids is 1. The molecular formula is C24H38O3. The van der Waals surface area contributed by atoms with Crippen LogP contribution in [0.3, 0.4) is 0 Å². The number of rotatable bonds is 13. The van der Waals surface area contributed by atoms with Crippen molar-refractivity contribution in [2.45, 2.75) is 103 Å². The molecule has 1 fully saturated rings. The average Bonchev–Trinajstić information content (AvgIpc) is 3.35. The Labute approximate surface area is 165 Å². The number of hydrogen-bond acceptors (Lipinski definition) is 3. The number of phenolic OH excluding ortho intramolecular Hbond substituents is 1. The fourth-order valence-corrected chi connectivity index (χ4v) is 3.75. The van der Waals surface area contributed by atoms with Gasteiger partial charge in [0.2, 0.25) is 0 Å². The number of aryl methyl sites for hydroxylation is 2. The summed E-state index contributed by atoms with van der Waals surface area (Å²) in [4.78, 5) is 10.5. The lowest BCUT2D eigenvalue weighted by atomic mass is 9.89. The predicted octanol–water partition coefficient (Wildman–Crippen LogP) is 6.35. The maximum Gasteiger partial charge on any atom is 0.293 e. The Morgan fingerprint density at radius 3 is 2.37 bits per heavy atom. The molecule has 152 valence electrons. The van der Waals surface area contributed by atoms with Crippen molar-refractivity contribution >= 4 is 6.47 Å². The van der Waals surface area contributed by atoms with E-state index in [0.717, 1.165) is 63.4 Å². The van der Waals surface area contributed by atoms with Crippen LogP contribution >= 0.6 is 0 Å². The molecule has 3 nitrogen and oxygen atoms in total. The molecule has 0 atom stereocenters. The van der Waals surface area contributed by atoms with E-state index in [2.05, 4.69) is 32.9 Å². The molecule has 1 aromatic rings. The molecule has 27 heavy (non-hydrogen) atoms. The molecule has 1 aliphatic rings. The predicted molar refractivity (Wildman–Crippen MR) is 111 cm³/mol. The van der Waals surface area contributed by atoms with Crippen LogP contribution in [0.15, 0.2) is 18.2 Å². The quantitative estimate of drug-likeness (QED) is 0.323. The minimum Gasteiger partial charge on any atom is -0.508 e. The highest BCUT2D eigenvalue weighted by molar-refractivity contribution is 5.39. The Morgan fingerprint density at radius 1 is 1.04 bits per heavy atom. The van der Waals surface area contributed by atoms with Crippen LogP contribution in [0.1, 0.15) is 96.1 Å². The van der Waals surface area contributed by atoms with Gasteiger partial charge in [0, 0.05) is 0 Å². The summed E-state index contributed by atoms with van der Waals surface area (Å²) in [7, 11) is 0. The lowest BCUT2D eigenvalue weighted by Crippen LogP contribution is -2.12. The largest absolute Gasteiger partial charge is 0.508 e. The van der Waals surface area contributed by atoms with E-state index in [1.54, 1.807) is 0 Å². The summed E-state index contributed by atoms with van der Waals surface area (Å²) in [6.45, 7) is 7.48. The second kappa shape index (κ2) is 10.1. The van der Waals surface area contributed by atoms with Crippen LogP contribution in [0, 0.1) is 5.41 Å². The molecule has 0 spiro atoms. The Hall–Kier alpha value is -1.51. The zero-order valence-corrected chi connectivity index (χ0v) is 17.6. The lowest BCUT2D eigenvalue weighted by Gasteiger charge is -2.17. The minimum atomic E-state index is -0.117. The molecule has 0 heterocycles. The Balaban J connectivity index is 1.61. The number of unbranched alkanes of at least 4 members (excludes halogenated alkanes) is 4. The van der Waals surface area contributed by atoms with Gasteiger partial charge in [0.1, 0.15) is 11.4 Å². The number of carbonyl (C=O) groups is 1. The van der Waals surface area contributed by atoms with Crippen LogP contribution in [0.4, 0.5) is 0 Å². The zero-order valence-electron chi connectivity index (χ0n) is 17.6. The molecule has 0 amide bonds. The molecule has 2 rings (SSSR count). The van der Waals surface area contributed by atoms with Gasteiger partial charge in [-0.1, -0.05) is 52.2 Å². The number of phenols is 1. The Morgan fingerprint density at radius 2 is 1.74 bits per heavy atom. The van der Waals surface area contributed by atoms with Gasteiger partial charge in [0.15, 0.2) is 0 Å². The number of benzene rings is 1. The third-order valence-corrected chi connectivity index (χ3v) is 5.73. The van der Waals surface area contributed by atoms with Crippen LogP contribution in [0.2, 0.25) is 0 Å². The van der Waals surface area contributed by atoms with E-state index in [1.807, 2.05) is 6.07 Å². The summed E-state index contributed by atoms with van der Waals surface area (Å²) in [5.74, 6) is 0.458. The van der Waals surface area contributed by atoms with Crippen molar-refractivity contribution in [2.24, 2.45) is 5.41 Å². The zero-order chi connectivity index (χ0) is 19.8. The van der Waals surface area contributed by atoms with E-state index in [-0.39, 0.29) is 5.60 Å². The first-order chi connectivity index (χ1) is 12.8. The topological polar surface area (TPSA) is 46.5 Å². The highest BCUT2D eigenvalue weighted by atomic mass is 16.5. The smallest absolute Gasteiger partial charge is 0.293 e. The first kappa shape index (κ1) is 21.8. The lowest BCUT2D eigenvalue weighted by molar-refractivity contribution is -0.135. The van der Waals surface area contributed by atoms with Crippen molar-refractivity contribution in [1.82, 2.24) is 0 Å². The highest BCUT2D eigenvalue weighted by Gasteiger charge is 2.44. The monoisotopic (exact) mass is 374 g/mol. The summed E-state index contributed by atoms with van der Waals surface area (Å²) in [6, 6.07) is 6.22. The van der Waals surface area contributed by atoms with Crippen molar-refractivity contribution in [3.8, 4) is 5.75 Å². The van der Waals surface area contributed by atoms with Gasteiger partial charge in [-0.2, -0.15) is 0 Å². The van der Waals surface area contributed by atoms with Crippen LogP contribution in [-0.4, -0.2) is 17.2 Å². The molecule has 3 heteroatoms. The molecule has 0 bridgehead atoms. The second-order valence-corrected chi connectivity index (χ2v) is 9.54. The molecule has 0 unspecified atom stereocenters. The van der Waals surface area contributed by atoms with Gasteiger partial charge in [-0.3, -0.25) is 4.79 Å². The van der Waals surface area contributed by atoms with Gasteiger partial charge in [0.25, 0.3) is 6.47 Å². The van der Waals surface area contributed by atoms with Gasteiger partial charge < -0.3 is 9.84 Å². The highest BCUT2D eigenvalue weighted by Crippen LogP contribution is 2.43. The average molecular weight is 375 g/mol. The standard InChI is InChI=1S/C24H38O3/c1-23(2,3)14-8-5-7-11-21-13-12-20(18-22(21)26)10-6-4-9-15-24(16-17-24)27-19-25/h12-13,18-19,26H,4-11,14-17H2,1-3H3. The van der Waals surface area contributed by atoms with Gasteiger partial charge in [-0.25, -0.2) is 0 Å². The molecule has 0 radical (unpaired) electrons. The van der Waals surface area contributed by atoms with Gasteiger partial charge in [-0.05, 0) is 80.4 Å². The van der Waals surface area contributed by atoms with Gasteiger partial charge in [0.05, 0.1) is 0 Å². The minimum absolute atomic E-state index is 0.117. The van der Waals surface area contributed by atoms with Crippen LogP contribution < -0.4 is 0 Å². The van der Waals surface area contributed by atoms with Crippen molar-refractivity contribution in [2.75, 3.05) is 0 Å². The van der Waals surface area contributed by atoms with Crippen LogP contribution in [-0.2, 0) is 22.4 Å². The third-order valence-electron chi connectivity index (χ3n) is 5.73. The van der Waals surface area contributed by atoms with Gasteiger partial charge in [-0.15, -0.1) is 0 Å². The molecular weight excluding hydrogens is 336 g/mol. The van der Waals surface area contributed by atoms with E-state index < -0.39 is 0 Å². The number of hydrogen-bond donors (Lipinski definition) is 1. The summed E-state index contributed by atoms with van der Waals surface area (Å²) in [6.07, 6.45) is 13.3. The Kier molecular flexibility index (Phi) is 8.19. The number of aromatic hydroxyl groups is 1. The van der Waals surface area contributed by atoms with E-state index >= 15 is 0 Å². The molecule has 0 aromatic heterocycles. The van der Waals surface area contributed by atoms with E-state index in [0.29, 0.717) is 17.6 Å². The summed E-state index contributed by atoms with van der Waals surface area (Å²) < 4.78 is 5.18. The molecule has 1 saturated carbocycles. The van der Waals surface area contributed by atoms with Crippen molar-refractivity contribution < 1.29 is 14.6 Å². The van der Waals surface area contributed by atoms with Crippen LogP contribution in [0.25, 0.3) is 0 Å². The third kappa shape index (κ3) is 8.36.